The molecule has 0 spiro atoms. The fourth-order valence-electron chi connectivity index (χ4n) is 4.03. The molecule has 2 amide bonds. The Bertz CT molecular complexity index is 992. The molecule has 1 saturated heterocycles. The molecule has 0 radical (unpaired) electrons. The van der Waals surface area contributed by atoms with Crippen LogP contribution >= 0.6 is 0 Å². The number of nitrogens with one attached hydrogen (secondary N) is 1. The van der Waals surface area contributed by atoms with Crippen molar-refractivity contribution in [3.8, 4) is 5.75 Å². The lowest BCUT2D eigenvalue weighted by molar-refractivity contribution is -0.145. The molecule has 13 heteroatoms. The van der Waals surface area contributed by atoms with Crippen LogP contribution in [-0.2, 0) is 29.1 Å². The van der Waals surface area contributed by atoms with Gasteiger partial charge in [0.15, 0.2) is 0 Å². The topological polar surface area (TPSA) is 146 Å². The fraction of sp³-hybridized carbons (Fsp3) is 0.609. The van der Waals surface area contributed by atoms with E-state index in [-0.39, 0.29) is 36.3 Å². The first-order chi connectivity index (χ1) is 17.0. The van der Waals surface area contributed by atoms with Crippen molar-refractivity contribution in [3.63, 3.8) is 0 Å². The lowest BCUT2D eigenvalue weighted by Crippen LogP contribution is -2.53. The normalized spacial score (nSPS) is 15.6. The highest BCUT2D eigenvalue weighted by atomic mass is 32.2. The third-order valence-corrected chi connectivity index (χ3v) is 7.81. The third-order valence-electron chi connectivity index (χ3n) is 5.92. The zero-order chi connectivity index (χ0) is 26.9. The standard InChI is InChI=1S/C23H36N4O8S/c1-5-35-21(29)16-25-12-14-26(15-13-25)20(28)10-11-27(22(17(2)3)23(30)24-31)36(32,33)19-8-6-18(34-4)7-9-19/h6-9,17,22,31H,5,10-16H2,1-4H3,(H,24,30). The number of methoxy groups -OCH3 is 1. The van der Waals surface area contributed by atoms with Gasteiger partial charge in [-0.3, -0.25) is 24.5 Å². The minimum absolute atomic E-state index is 0.0697. The molecule has 1 atom stereocenters. The second-order valence-electron chi connectivity index (χ2n) is 8.67. The van der Waals surface area contributed by atoms with Crippen molar-refractivity contribution in [1.29, 1.82) is 0 Å². The van der Waals surface area contributed by atoms with Crippen LogP contribution in [0.25, 0.3) is 0 Å². The number of hydroxylamine groups is 1. The predicted molar refractivity (Wildman–Crippen MR) is 130 cm³/mol. The smallest absolute Gasteiger partial charge is 0.320 e. The average Bonchev–Trinajstić information content (AvgIpc) is 2.86. The molecule has 2 rings (SSSR count). The molecule has 0 aromatic heterocycles. The maximum atomic E-state index is 13.5. The van der Waals surface area contributed by atoms with Gasteiger partial charge >= 0.3 is 5.97 Å². The van der Waals surface area contributed by atoms with Crippen LogP contribution in [0.2, 0.25) is 0 Å². The monoisotopic (exact) mass is 528 g/mol. The predicted octanol–water partition coefficient (Wildman–Crippen LogP) is 0.313. The number of amides is 2. The van der Waals surface area contributed by atoms with Crippen molar-refractivity contribution in [2.24, 2.45) is 5.92 Å². The summed E-state index contributed by atoms with van der Waals surface area (Å²) >= 11 is 0. The number of piperazine rings is 1. The van der Waals surface area contributed by atoms with Crippen LogP contribution in [0.1, 0.15) is 27.2 Å². The maximum absolute atomic E-state index is 13.5. The largest absolute Gasteiger partial charge is 0.497 e. The zero-order valence-electron chi connectivity index (χ0n) is 21.2. The molecular formula is C23H36N4O8S. The second kappa shape index (κ2) is 13.5. The highest BCUT2D eigenvalue weighted by molar-refractivity contribution is 7.89. The van der Waals surface area contributed by atoms with Gasteiger partial charge in [0.2, 0.25) is 15.9 Å². The van der Waals surface area contributed by atoms with Crippen LogP contribution in [0.15, 0.2) is 29.2 Å². The Hall–Kier alpha value is -2.74. The molecule has 0 saturated carbocycles. The van der Waals surface area contributed by atoms with Crippen LogP contribution < -0.4 is 10.2 Å². The van der Waals surface area contributed by atoms with Crippen molar-refractivity contribution in [2.45, 2.75) is 38.1 Å². The summed E-state index contributed by atoms with van der Waals surface area (Å²) in [7, 11) is -2.75. The number of hydrogen-bond acceptors (Lipinski definition) is 9. The van der Waals surface area contributed by atoms with Crippen molar-refractivity contribution in [1.82, 2.24) is 19.6 Å². The molecule has 1 aromatic carbocycles. The third kappa shape index (κ3) is 7.63. The minimum atomic E-state index is -4.20. The number of carbonyl (C=O) groups excluding carboxylic acids is 3. The summed E-state index contributed by atoms with van der Waals surface area (Å²) in [6.45, 7) is 6.98. The van der Waals surface area contributed by atoms with Crippen molar-refractivity contribution >= 4 is 27.8 Å². The molecule has 1 unspecified atom stereocenters. The fourth-order valence-corrected chi connectivity index (χ4v) is 5.75. The SMILES string of the molecule is CCOC(=O)CN1CCN(C(=O)CCN(C(C(=O)NO)C(C)C)S(=O)(=O)c2ccc(OC)cc2)CC1. The average molecular weight is 529 g/mol. The van der Waals surface area contributed by atoms with Gasteiger partial charge < -0.3 is 14.4 Å². The Labute approximate surface area is 212 Å². The highest BCUT2D eigenvalue weighted by Crippen LogP contribution is 2.25. The Kier molecular flexibility index (Phi) is 11.1. The summed E-state index contributed by atoms with van der Waals surface area (Å²) in [4.78, 5) is 40.5. The first-order valence-corrected chi connectivity index (χ1v) is 13.2. The summed E-state index contributed by atoms with van der Waals surface area (Å²) < 4.78 is 38.1. The van der Waals surface area contributed by atoms with Gasteiger partial charge in [0.05, 0.1) is 25.2 Å². The number of hydrogen-bond donors (Lipinski definition) is 2. The lowest BCUT2D eigenvalue weighted by atomic mass is 10.0. The van der Waals surface area contributed by atoms with Gasteiger partial charge in [0.1, 0.15) is 11.8 Å². The van der Waals surface area contributed by atoms with E-state index in [0.717, 1.165) is 4.31 Å². The van der Waals surface area contributed by atoms with E-state index < -0.39 is 27.9 Å². The lowest BCUT2D eigenvalue weighted by Gasteiger charge is -2.35. The number of rotatable bonds is 12. The van der Waals surface area contributed by atoms with E-state index in [0.29, 0.717) is 38.5 Å². The molecule has 1 aromatic rings. The van der Waals surface area contributed by atoms with Gasteiger partial charge in [-0.1, -0.05) is 13.8 Å². The van der Waals surface area contributed by atoms with E-state index in [1.54, 1.807) is 31.2 Å². The molecule has 1 heterocycles. The van der Waals surface area contributed by atoms with E-state index in [9.17, 15) is 28.0 Å². The van der Waals surface area contributed by atoms with Crippen molar-refractivity contribution in [2.75, 3.05) is 53.0 Å². The number of ether oxygens (including phenoxy) is 2. The summed E-state index contributed by atoms with van der Waals surface area (Å²) in [5.41, 5.74) is 1.55. The van der Waals surface area contributed by atoms with Crippen LogP contribution in [0.3, 0.4) is 0 Å². The molecular weight excluding hydrogens is 492 g/mol. The highest BCUT2D eigenvalue weighted by Gasteiger charge is 2.38. The first-order valence-electron chi connectivity index (χ1n) is 11.8. The van der Waals surface area contributed by atoms with Gasteiger partial charge in [0, 0.05) is 39.1 Å². The molecule has 202 valence electrons. The number of carbonyl (C=O) groups is 3. The summed E-state index contributed by atoms with van der Waals surface area (Å²) in [6, 6.07) is 4.46. The molecule has 1 aliphatic heterocycles. The molecule has 36 heavy (non-hydrogen) atoms. The molecule has 0 aliphatic carbocycles. The van der Waals surface area contributed by atoms with E-state index in [1.165, 1.54) is 31.4 Å². The van der Waals surface area contributed by atoms with Crippen molar-refractivity contribution in [3.05, 3.63) is 24.3 Å². The number of sulfonamides is 1. The number of nitrogens with zero attached hydrogens (tertiary/aromatic N) is 3. The molecule has 0 bridgehead atoms. The van der Waals surface area contributed by atoms with Gasteiger partial charge in [-0.2, -0.15) is 4.31 Å². The zero-order valence-corrected chi connectivity index (χ0v) is 22.0. The van der Waals surface area contributed by atoms with Gasteiger partial charge in [-0.15, -0.1) is 0 Å². The summed E-state index contributed by atoms with van der Waals surface area (Å²) in [6.07, 6.45) is -0.158. The van der Waals surface area contributed by atoms with Crippen LogP contribution in [0.4, 0.5) is 0 Å². The van der Waals surface area contributed by atoms with Crippen LogP contribution in [0.5, 0.6) is 5.75 Å². The van der Waals surface area contributed by atoms with E-state index in [1.807, 2.05) is 4.90 Å². The van der Waals surface area contributed by atoms with Crippen molar-refractivity contribution < 1.29 is 37.5 Å². The quantitative estimate of drug-likeness (QED) is 0.222. The molecule has 1 fully saturated rings. The first kappa shape index (κ1) is 29.5. The summed E-state index contributed by atoms with van der Waals surface area (Å²) in [5, 5.41) is 9.26. The Morgan fingerprint density at radius 2 is 1.72 bits per heavy atom. The Balaban J connectivity index is 2.16. The van der Waals surface area contributed by atoms with Crippen LogP contribution in [-0.4, -0.2) is 105 Å². The van der Waals surface area contributed by atoms with E-state index in [2.05, 4.69) is 0 Å². The summed E-state index contributed by atoms with van der Waals surface area (Å²) in [5.74, 6) is -1.51. The Morgan fingerprint density at radius 3 is 2.22 bits per heavy atom. The molecule has 2 N–H and O–H groups in total. The number of benzene rings is 1. The minimum Gasteiger partial charge on any atom is -0.497 e. The Morgan fingerprint density at radius 1 is 1.11 bits per heavy atom. The second-order valence-corrected chi connectivity index (χ2v) is 10.6. The van der Waals surface area contributed by atoms with Gasteiger partial charge in [-0.05, 0) is 37.1 Å². The molecule has 1 aliphatic rings. The molecule has 12 nitrogen and oxygen atoms in total. The maximum Gasteiger partial charge on any atom is 0.320 e. The van der Waals surface area contributed by atoms with Gasteiger partial charge in [0.25, 0.3) is 5.91 Å². The van der Waals surface area contributed by atoms with E-state index >= 15 is 0 Å². The van der Waals surface area contributed by atoms with Crippen LogP contribution in [0, 0.1) is 5.92 Å². The van der Waals surface area contributed by atoms with Gasteiger partial charge in [-0.25, -0.2) is 13.9 Å². The van der Waals surface area contributed by atoms with E-state index in [4.69, 9.17) is 9.47 Å². The number of esters is 1.